The third-order valence-corrected chi connectivity index (χ3v) is 2.21. The lowest BCUT2D eigenvalue weighted by molar-refractivity contribution is -0.385. The van der Waals surface area contributed by atoms with Crippen molar-refractivity contribution < 1.29 is 19.9 Å². The first-order chi connectivity index (χ1) is 7.88. The second-order valence-corrected chi connectivity index (χ2v) is 3.34. The SMILES string of the molecule is Cc1cc(C(O)C(=O)O)c(C#N)cc1[N+](=O)[O-]. The molecule has 7 nitrogen and oxygen atoms in total. The van der Waals surface area contributed by atoms with Gasteiger partial charge < -0.3 is 10.2 Å². The third kappa shape index (κ3) is 2.38. The van der Waals surface area contributed by atoms with Gasteiger partial charge in [0.25, 0.3) is 5.69 Å². The highest BCUT2D eigenvalue weighted by molar-refractivity contribution is 5.75. The zero-order valence-electron chi connectivity index (χ0n) is 8.75. The van der Waals surface area contributed by atoms with Crippen LogP contribution in [0.4, 0.5) is 5.69 Å². The Morgan fingerprint density at radius 2 is 2.18 bits per heavy atom. The number of aliphatic hydroxyl groups is 1. The molecular weight excluding hydrogens is 228 g/mol. The Bertz CT molecular complexity index is 532. The standard InChI is InChI=1S/C10H8N2O5/c1-5-2-7(9(13)10(14)15)6(4-11)3-8(5)12(16)17/h2-3,9,13H,1H3,(H,14,15). The van der Waals surface area contributed by atoms with E-state index in [4.69, 9.17) is 10.4 Å². The van der Waals surface area contributed by atoms with E-state index < -0.39 is 17.0 Å². The molecule has 0 fully saturated rings. The number of benzene rings is 1. The molecule has 0 radical (unpaired) electrons. The Labute approximate surface area is 95.7 Å². The normalized spacial score (nSPS) is 11.6. The molecule has 0 saturated heterocycles. The van der Waals surface area contributed by atoms with Crippen LogP contribution in [-0.4, -0.2) is 21.1 Å². The van der Waals surface area contributed by atoms with Crippen molar-refractivity contribution in [2.24, 2.45) is 0 Å². The number of carboxylic acids is 1. The lowest BCUT2D eigenvalue weighted by Gasteiger charge is -2.09. The fourth-order valence-electron chi connectivity index (χ4n) is 1.37. The fraction of sp³-hybridized carbons (Fsp3) is 0.200. The highest BCUT2D eigenvalue weighted by atomic mass is 16.6. The highest BCUT2D eigenvalue weighted by Gasteiger charge is 2.23. The Morgan fingerprint density at radius 3 is 2.59 bits per heavy atom. The molecule has 1 aromatic rings. The number of carbonyl (C=O) groups is 1. The summed E-state index contributed by atoms with van der Waals surface area (Å²) in [6.45, 7) is 1.40. The number of nitro groups is 1. The van der Waals surface area contributed by atoms with Crippen LogP contribution in [0, 0.1) is 28.4 Å². The Balaban J connectivity index is 3.45. The van der Waals surface area contributed by atoms with Gasteiger partial charge in [0.2, 0.25) is 0 Å². The fourth-order valence-corrected chi connectivity index (χ4v) is 1.37. The van der Waals surface area contributed by atoms with Crippen molar-refractivity contribution in [3.8, 4) is 6.07 Å². The van der Waals surface area contributed by atoms with Crippen LogP contribution < -0.4 is 0 Å². The summed E-state index contributed by atoms with van der Waals surface area (Å²) in [7, 11) is 0. The number of aryl methyl sites for hydroxylation is 1. The average Bonchev–Trinajstić information content (AvgIpc) is 2.27. The number of carboxylic acid groups (broad SMARTS) is 1. The molecule has 7 heteroatoms. The van der Waals surface area contributed by atoms with Crippen molar-refractivity contribution in [3.63, 3.8) is 0 Å². The summed E-state index contributed by atoms with van der Waals surface area (Å²) in [6.07, 6.45) is -1.87. The van der Waals surface area contributed by atoms with Gasteiger partial charge in [-0.1, -0.05) is 0 Å². The predicted octanol–water partition coefficient (Wildman–Crippen LogP) is 0.893. The second kappa shape index (κ2) is 4.59. The molecule has 0 aromatic heterocycles. The molecule has 0 aliphatic carbocycles. The Morgan fingerprint density at radius 1 is 1.59 bits per heavy atom. The van der Waals surface area contributed by atoms with Gasteiger partial charge in [-0.15, -0.1) is 0 Å². The van der Waals surface area contributed by atoms with Crippen LogP contribution in [0.3, 0.4) is 0 Å². The van der Waals surface area contributed by atoms with E-state index in [0.29, 0.717) is 0 Å². The van der Waals surface area contributed by atoms with Crippen LogP contribution in [0.15, 0.2) is 12.1 Å². The van der Waals surface area contributed by atoms with Gasteiger partial charge in [-0.25, -0.2) is 4.79 Å². The zero-order chi connectivity index (χ0) is 13.2. The lowest BCUT2D eigenvalue weighted by atomic mass is 9.99. The van der Waals surface area contributed by atoms with Crippen LogP contribution in [0.25, 0.3) is 0 Å². The summed E-state index contributed by atoms with van der Waals surface area (Å²) < 4.78 is 0. The van der Waals surface area contributed by atoms with E-state index in [2.05, 4.69) is 0 Å². The summed E-state index contributed by atoms with van der Waals surface area (Å²) >= 11 is 0. The maximum Gasteiger partial charge on any atom is 0.337 e. The predicted molar refractivity (Wildman–Crippen MR) is 55.1 cm³/mol. The monoisotopic (exact) mass is 236 g/mol. The van der Waals surface area contributed by atoms with E-state index in [-0.39, 0.29) is 22.4 Å². The zero-order valence-corrected chi connectivity index (χ0v) is 8.75. The molecule has 1 unspecified atom stereocenters. The van der Waals surface area contributed by atoms with Crippen molar-refractivity contribution in [3.05, 3.63) is 38.9 Å². The molecule has 17 heavy (non-hydrogen) atoms. The maximum atomic E-state index is 10.6. The maximum absolute atomic E-state index is 10.6. The molecule has 2 N–H and O–H groups in total. The lowest BCUT2D eigenvalue weighted by Crippen LogP contribution is -2.12. The Hall–Kier alpha value is -2.46. The molecule has 1 atom stereocenters. The molecule has 0 aliphatic rings. The van der Waals surface area contributed by atoms with Gasteiger partial charge in [0, 0.05) is 17.2 Å². The van der Waals surface area contributed by atoms with Crippen LogP contribution >= 0.6 is 0 Å². The van der Waals surface area contributed by atoms with E-state index in [0.717, 1.165) is 12.1 Å². The molecule has 0 saturated carbocycles. The second-order valence-electron chi connectivity index (χ2n) is 3.34. The number of nitro benzene ring substituents is 1. The number of nitrogens with zero attached hydrogens (tertiary/aromatic N) is 2. The molecule has 0 amide bonds. The van der Waals surface area contributed by atoms with Crippen LogP contribution in [0.1, 0.15) is 22.8 Å². The summed E-state index contributed by atoms with van der Waals surface area (Å²) in [5.41, 5.74) is -0.479. The molecular formula is C10H8N2O5. The van der Waals surface area contributed by atoms with E-state index in [1.54, 1.807) is 6.07 Å². The summed E-state index contributed by atoms with van der Waals surface area (Å²) in [5, 5.41) is 37.4. The number of nitriles is 1. The van der Waals surface area contributed by atoms with Gasteiger partial charge in [-0.2, -0.15) is 5.26 Å². The quantitative estimate of drug-likeness (QED) is 0.593. The minimum absolute atomic E-state index is 0.150. The van der Waals surface area contributed by atoms with E-state index in [1.165, 1.54) is 6.92 Å². The molecule has 0 aliphatic heterocycles. The van der Waals surface area contributed by atoms with Gasteiger partial charge in [-0.3, -0.25) is 10.1 Å². The number of aliphatic hydroxyl groups excluding tert-OH is 1. The number of rotatable bonds is 3. The van der Waals surface area contributed by atoms with Crippen LogP contribution in [-0.2, 0) is 4.79 Å². The molecule has 1 aromatic carbocycles. The van der Waals surface area contributed by atoms with Gasteiger partial charge in [0.05, 0.1) is 16.6 Å². The molecule has 88 valence electrons. The third-order valence-electron chi connectivity index (χ3n) is 2.21. The molecule has 0 spiro atoms. The van der Waals surface area contributed by atoms with Crippen LogP contribution in [0.2, 0.25) is 0 Å². The number of hydrogen-bond donors (Lipinski definition) is 2. The minimum atomic E-state index is -1.87. The first kappa shape index (κ1) is 12.6. The first-order valence-electron chi connectivity index (χ1n) is 4.48. The van der Waals surface area contributed by atoms with Gasteiger partial charge in [-0.05, 0) is 13.0 Å². The van der Waals surface area contributed by atoms with E-state index >= 15 is 0 Å². The van der Waals surface area contributed by atoms with Crippen molar-refractivity contribution in [1.29, 1.82) is 5.26 Å². The van der Waals surface area contributed by atoms with Gasteiger partial charge >= 0.3 is 5.97 Å². The van der Waals surface area contributed by atoms with Crippen molar-refractivity contribution in [2.45, 2.75) is 13.0 Å². The minimum Gasteiger partial charge on any atom is -0.479 e. The van der Waals surface area contributed by atoms with Crippen LogP contribution in [0.5, 0.6) is 0 Å². The van der Waals surface area contributed by atoms with Gasteiger partial charge in [0.1, 0.15) is 0 Å². The largest absolute Gasteiger partial charge is 0.479 e. The first-order valence-corrected chi connectivity index (χ1v) is 4.48. The molecule has 1 rings (SSSR count). The highest BCUT2D eigenvalue weighted by Crippen LogP contribution is 2.26. The smallest absolute Gasteiger partial charge is 0.337 e. The molecule has 0 heterocycles. The van der Waals surface area contributed by atoms with Gasteiger partial charge in [0.15, 0.2) is 6.10 Å². The summed E-state index contributed by atoms with van der Waals surface area (Å²) in [5.74, 6) is -1.52. The van der Waals surface area contributed by atoms with Crippen molar-refractivity contribution in [2.75, 3.05) is 0 Å². The Kier molecular flexibility index (Phi) is 3.40. The number of hydrogen-bond acceptors (Lipinski definition) is 5. The summed E-state index contributed by atoms with van der Waals surface area (Å²) in [6, 6.07) is 3.72. The average molecular weight is 236 g/mol. The van der Waals surface area contributed by atoms with Crippen molar-refractivity contribution in [1.82, 2.24) is 0 Å². The number of aliphatic carboxylic acids is 1. The van der Waals surface area contributed by atoms with Crippen molar-refractivity contribution >= 4 is 11.7 Å². The van der Waals surface area contributed by atoms with E-state index in [9.17, 15) is 20.0 Å². The summed E-state index contributed by atoms with van der Waals surface area (Å²) in [4.78, 5) is 20.6. The van der Waals surface area contributed by atoms with E-state index in [1.807, 2.05) is 0 Å². The molecule has 0 bridgehead atoms. The topological polar surface area (TPSA) is 124 Å².